The van der Waals surface area contributed by atoms with E-state index >= 15 is 0 Å². The maximum absolute atomic E-state index is 10.8. The molecule has 0 fully saturated rings. The van der Waals surface area contributed by atoms with E-state index in [1.807, 2.05) is 0 Å². The largest absolute Gasteiger partial charge is 0.504 e. The average Bonchev–Trinajstić information content (AvgIpc) is 2.06. The number of carbonyl (C=O) groups is 1. The lowest BCUT2D eigenvalue weighted by molar-refractivity contribution is -0.115. The predicted octanol–water partition coefficient (Wildman–Crippen LogP) is 0.716. The number of aliphatic hydroxyl groups excluding tert-OH is 1. The van der Waals surface area contributed by atoms with E-state index in [1.54, 1.807) is 0 Å². The van der Waals surface area contributed by atoms with Gasteiger partial charge in [-0.05, 0) is 5.18 Å². The van der Waals surface area contributed by atoms with Crippen LogP contribution in [-0.2, 0) is 4.79 Å². The van der Waals surface area contributed by atoms with Gasteiger partial charge in [0.05, 0.1) is 0 Å². The van der Waals surface area contributed by atoms with Crippen LogP contribution in [0.2, 0.25) is 0 Å². The van der Waals surface area contributed by atoms with Crippen LogP contribution in [0.5, 0.6) is 0 Å². The van der Waals surface area contributed by atoms with Gasteiger partial charge in [0.15, 0.2) is 17.2 Å². The molecule has 12 heavy (non-hydrogen) atoms. The first-order chi connectivity index (χ1) is 5.70. The molecule has 0 unspecified atom stereocenters. The number of rotatable bonds is 1. The van der Waals surface area contributed by atoms with Gasteiger partial charge in [0.1, 0.15) is 5.71 Å². The van der Waals surface area contributed by atoms with Crippen LogP contribution in [0, 0.1) is 4.91 Å². The first kappa shape index (κ1) is 8.38. The number of aliphatic hydroxyl groups is 1. The van der Waals surface area contributed by atoms with Crippen LogP contribution in [0.3, 0.4) is 0 Å². The average molecular weight is 170 g/mol. The quantitative estimate of drug-likeness (QED) is 0.344. The van der Waals surface area contributed by atoms with Crippen molar-refractivity contribution < 1.29 is 15.1 Å². The number of hydrogen-bond acceptors (Lipinski definition) is 6. The van der Waals surface area contributed by atoms with Crippen molar-refractivity contribution in [3.63, 3.8) is 0 Å². The van der Waals surface area contributed by atoms with Gasteiger partial charge in [0, 0.05) is 12.8 Å². The molecule has 0 heterocycles. The van der Waals surface area contributed by atoms with Crippen LogP contribution in [0.4, 0.5) is 0 Å². The van der Waals surface area contributed by atoms with Crippen molar-refractivity contribution in [2.75, 3.05) is 0 Å². The summed E-state index contributed by atoms with van der Waals surface area (Å²) < 4.78 is 0. The number of oxime groups is 1. The van der Waals surface area contributed by atoms with Gasteiger partial charge < -0.3 is 10.3 Å². The molecule has 0 saturated carbocycles. The van der Waals surface area contributed by atoms with Gasteiger partial charge in [0.2, 0.25) is 0 Å². The first-order valence-corrected chi connectivity index (χ1v) is 3.21. The minimum atomic E-state index is -0.622. The van der Waals surface area contributed by atoms with E-state index in [4.69, 9.17) is 10.3 Å². The maximum Gasteiger partial charge on any atom is 0.194 e. The Hall–Kier alpha value is -1.72. The highest BCUT2D eigenvalue weighted by Gasteiger charge is 2.26. The smallest absolute Gasteiger partial charge is 0.194 e. The van der Waals surface area contributed by atoms with Crippen molar-refractivity contribution in [1.29, 1.82) is 0 Å². The Morgan fingerprint density at radius 1 is 1.33 bits per heavy atom. The molecule has 64 valence electrons. The van der Waals surface area contributed by atoms with Crippen molar-refractivity contribution in [2.24, 2.45) is 10.3 Å². The molecule has 0 aromatic rings. The number of carbonyl (C=O) groups excluding carboxylic acids is 1. The molecule has 0 amide bonds. The fourth-order valence-corrected chi connectivity index (χ4v) is 0.929. The fraction of sp³-hybridized carbons (Fsp3) is 0.333. The van der Waals surface area contributed by atoms with E-state index in [-0.39, 0.29) is 18.6 Å². The lowest BCUT2D eigenvalue weighted by atomic mass is 10.0. The number of Topliss-reactive ketones (excluding diaryl/α,β-unsaturated/α-hetero) is 1. The Morgan fingerprint density at radius 3 is 2.50 bits per heavy atom. The molecule has 0 saturated heterocycles. The molecule has 0 spiro atoms. The summed E-state index contributed by atoms with van der Waals surface area (Å²) in [5, 5.41) is 22.4. The standard InChI is InChI=1S/C6H6N2O4/c9-4-2-1-3(7-11)6(10)5(4)8-12/h10-11H,1-2H2/b7-3-. The molecule has 0 aromatic heterocycles. The third-order valence-electron chi connectivity index (χ3n) is 1.56. The van der Waals surface area contributed by atoms with Gasteiger partial charge in [-0.1, -0.05) is 5.16 Å². The molecule has 0 atom stereocenters. The summed E-state index contributed by atoms with van der Waals surface area (Å²) in [7, 11) is 0. The van der Waals surface area contributed by atoms with Crippen molar-refractivity contribution in [3.8, 4) is 0 Å². The summed E-state index contributed by atoms with van der Waals surface area (Å²) in [6.45, 7) is 0. The fourth-order valence-electron chi connectivity index (χ4n) is 0.929. The highest BCUT2D eigenvalue weighted by atomic mass is 16.4. The minimum absolute atomic E-state index is 0.0323. The first-order valence-electron chi connectivity index (χ1n) is 3.21. The van der Waals surface area contributed by atoms with E-state index in [0.29, 0.717) is 0 Å². The van der Waals surface area contributed by atoms with Crippen LogP contribution in [0.25, 0.3) is 0 Å². The van der Waals surface area contributed by atoms with Gasteiger partial charge in [0.25, 0.3) is 0 Å². The van der Waals surface area contributed by atoms with Gasteiger partial charge in [-0.2, -0.15) is 0 Å². The van der Waals surface area contributed by atoms with Crippen LogP contribution in [-0.4, -0.2) is 21.8 Å². The molecular weight excluding hydrogens is 164 g/mol. The third kappa shape index (κ3) is 1.18. The van der Waals surface area contributed by atoms with Crippen LogP contribution in [0.1, 0.15) is 12.8 Å². The zero-order chi connectivity index (χ0) is 9.14. The number of nitrogens with zero attached hydrogens (tertiary/aromatic N) is 2. The summed E-state index contributed by atoms with van der Waals surface area (Å²) in [5.74, 6) is -1.15. The molecule has 0 aromatic carbocycles. The Morgan fingerprint density at radius 2 is 2.00 bits per heavy atom. The second kappa shape index (κ2) is 3.12. The van der Waals surface area contributed by atoms with Gasteiger partial charge in [-0.15, -0.1) is 4.91 Å². The lowest BCUT2D eigenvalue weighted by Crippen LogP contribution is -2.18. The second-order valence-corrected chi connectivity index (χ2v) is 2.26. The molecule has 0 radical (unpaired) electrons. The van der Waals surface area contributed by atoms with E-state index in [9.17, 15) is 9.70 Å². The van der Waals surface area contributed by atoms with Crippen LogP contribution < -0.4 is 0 Å². The SMILES string of the molecule is O=NC1=C(O)/C(=N\O)CCC1=O. The van der Waals surface area contributed by atoms with Crippen molar-refractivity contribution in [1.82, 2.24) is 0 Å². The molecule has 1 rings (SSSR count). The zero-order valence-corrected chi connectivity index (χ0v) is 6.02. The molecular formula is C6H6N2O4. The summed E-state index contributed by atoms with van der Waals surface area (Å²) in [6.07, 6.45) is 0.157. The Balaban J connectivity index is 3.16. The molecule has 0 aliphatic heterocycles. The van der Waals surface area contributed by atoms with E-state index in [0.717, 1.165) is 0 Å². The molecule has 6 heteroatoms. The van der Waals surface area contributed by atoms with Crippen LogP contribution >= 0.6 is 0 Å². The minimum Gasteiger partial charge on any atom is -0.504 e. The summed E-state index contributed by atoms with van der Waals surface area (Å²) >= 11 is 0. The Labute approximate surface area is 67.2 Å². The Kier molecular flexibility index (Phi) is 2.18. The Bertz CT molecular complexity index is 292. The van der Waals surface area contributed by atoms with E-state index in [2.05, 4.69) is 10.3 Å². The topological polar surface area (TPSA) is 99.3 Å². The molecule has 6 nitrogen and oxygen atoms in total. The summed E-state index contributed by atoms with van der Waals surface area (Å²) in [5.41, 5.74) is -0.641. The summed E-state index contributed by atoms with van der Waals surface area (Å²) in [4.78, 5) is 20.9. The highest BCUT2D eigenvalue weighted by molar-refractivity contribution is 6.11. The zero-order valence-electron chi connectivity index (χ0n) is 6.02. The predicted molar refractivity (Wildman–Crippen MR) is 38.9 cm³/mol. The van der Waals surface area contributed by atoms with Crippen molar-refractivity contribution in [2.45, 2.75) is 12.8 Å². The maximum atomic E-state index is 10.8. The van der Waals surface area contributed by atoms with Gasteiger partial charge in [-0.25, -0.2) is 0 Å². The molecule has 0 bridgehead atoms. The van der Waals surface area contributed by atoms with Crippen molar-refractivity contribution in [3.05, 3.63) is 16.4 Å². The number of allylic oxidation sites excluding steroid dienone is 2. The number of hydrogen-bond donors (Lipinski definition) is 2. The van der Waals surface area contributed by atoms with Gasteiger partial charge >= 0.3 is 0 Å². The normalized spacial score (nSPS) is 21.7. The highest BCUT2D eigenvalue weighted by Crippen LogP contribution is 2.18. The van der Waals surface area contributed by atoms with Gasteiger partial charge in [-0.3, -0.25) is 4.79 Å². The number of nitroso groups, excluding NO2 is 1. The third-order valence-corrected chi connectivity index (χ3v) is 1.56. The number of ketones is 1. The molecule has 1 aliphatic carbocycles. The monoisotopic (exact) mass is 170 g/mol. The van der Waals surface area contributed by atoms with Crippen molar-refractivity contribution >= 4 is 11.5 Å². The second-order valence-electron chi connectivity index (χ2n) is 2.26. The molecule has 2 N–H and O–H groups in total. The molecule has 1 aliphatic rings. The van der Waals surface area contributed by atoms with Crippen LogP contribution in [0.15, 0.2) is 21.8 Å². The lowest BCUT2D eigenvalue weighted by Gasteiger charge is -2.09. The van der Waals surface area contributed by atoms with E-state index < -0.39 is 17.2 Å². The van der Waals surface area contributed by atoms with E-state index in [1.165, 1.54) is 0 Å². The summed E-state index contributed by atoms with van der Waals surface area (Å²) in [6, 6.07) is 0.